The van der Waals surface area contributed by atoms with E-state index in [-0.39, 0.29) is 18.5 Å². The Bertz CT molecular complexity index is 591. The maximum Gasteiger partial charge on any atom is 0.238 e. The van der Waals surface area contributed by atoms with Gasteiger partial charge in [-0.05, 0) is 11.6 Å². The van der Waals surface area contributed by atoms with E-state index in [0.29, 0.717) is 19.6 Å². The number of pyridine rings is 1. The summed E-state index contributed by atoms with van der Waals surface area (Å²) in [6.45, 7) is 1.75. The molecule has 0 radical (unpaired) electrons. The molecular formula is C13H20N4O3S. The van der Waals surface area contributed by atoms with Crippen molar-refractivity contribution in [2.24, 2.45) is 0 Å². The van der Waals surface area contributed by atoms with E-state index >= 15 is 0 Å². The van der Waals surface area contributed by atoms with E-state index in [0.717, 1.165) is 16.1 Å². The highest BCUT2D eigenvalue weighted by molar-refractivity contribution is 7.88. The maximum absolute atomic E-state index is 12.4. The average Bonchev–Trinajstić information content (AvgIpc) is 2.47. The van der Waals surface area contributed by atoms with Crippen molar-refractivity contribution in [3.05, 3.63) is 30.1 Å². The lowest BCUT2D eigenvalue weighted by molar-refractivity contribution is -0.134. The van der Waals surface area contributed by atoms with Crippen LogP contribution in [0.2, 0.25) is 0 Å². The number of piperazine rings is 1. The van der Waals surface area contributed by atoms with Gasteiger partial charge in [0, 0.05) is 39.1 Å². The molecule has 2 rings (SSSR count). The molecule has 21 heavy (non-hydrogen) atoms. The Labute approximate surface area is 125 Å². The fraction of sp³-hybridized carbons (Fsp3) is 0.538. The molecular weight excluding hydrogens is 292 g/mol. The fourth-order valence-corrected chi connectivity index (χ4v) is 2.62. The van der Waals surface area contributed by atoms with Crippen LogP contribution in [0.1, 0.15) is 11.6 Å². The summed E-state index contributed by atoms with van der Waals surface area (Å²) in [6.07, 6.45) is 4.51. The van der Waals surface area contributed by atoms with E-state index in [1.165, 1.54) is 7.05 Å². The summed E-state index contributed by atoms with van der Waals surface area (Å²) in [5.74, 6) is -0.196. The number of likely N-dealkylation sites (N-methyl/N-ethyl adjacent to an activating group) is 1. The quantitative estimate of drug-likeness (QED) is 0.806. The molecule has 1 N–H and O–H groups in total. The number of amides is 1. The van der Waals surface area contributed by atoms with Gasteiger partial charge in [-0.3, -0.25) is 9.78 Å². The third-order valence-corrected chi connectivity index (χ3v) is 4.82. The second-order valence-corrected chi connectivity index (χ2v) is 7.20. The predicted molar refractivity (Wildman–Crippen MR) is 79.0 cm³/mol. The minimum atomic E-state index is -3.36. The number of carbonyl (C=O) groups is 1. The van der Waals surface area contributed by atoms with Gasteiger partial charge < -0.3 is 10.2 Å². The van der Waals surface area contributed by atoms with Crippen LogP contribution in [0.4, 0.5) is 0 Å². The monoisotopic (exact) mass is 312 g/mol. The minimum Gasteiger partial charge on any atom is -0.332 e. The van der Waals surface area contributed by atoms with Crippen LogP contribution >= 0.6 is 0 Å². The summed E-state index contributed by atoms with van der Waals surface area (Å²) in [5.41, 5.74) is 0.944. The number of rotatable bonds is 4. The molecule has 1 amide bonds. The molecule has 7 nitrogen and oxygen atoms in total. The summed E-state index contributed by atoms with van der Waals surface area (Å²) in [4.78, 5) is 18.2. The summed E-state index contributed by atoms with van der Waals surface area (Å²) in [7, 11) is -1.95. The molecule has 1 saturated heterocycles. The summed E-state index contributed by atoms with van der Waals surface area (Å²) >= 11 is 0. The van der Waals surface area contributed by atoms with Crippen molar-refractivity contribution in [2.45, 2.75) is 6.04 Å². The Hall–Kier alpha value is -1.51. The highest BCUT2D eigenvalue weighted by Crippen LogP contribution is 2.21. The SMILES string of the molecule is CN(CC(=O)N1CCNCC1c1cccnc1)S(C)(=O)=O. The zero-order chi connectivity index (χ0) is 15.5. The van der Waals surface area contributed by atoms with Crippen molar-refractivity contribution < 1.29 is 13.2 Å². The van der Waals surface area contributed by atoms with Crippen LogP contribution in [0, 0.1) is 0 Å². The minimum absolute atomic E-state index is 0.118. The normalized spacial score (nSPS) is 19.8. The molecule has 1 atom stereocenters. The van der Waals surface area contributed by atoms with Crippen LogP contribution in [0.25, 0.3) is 0 Å². The summed E-state index contributed by atoms with van der Waals surface area (Å²) in [5, 5.41) is 3.25. The van der Waals surface area contributed by atoms with Crippen LogP contribution in [0.15, 0.2) is 24.5 Å². The Kier molecular flexibility index (Phi) is 4.92. The third-order valence-electron chi connectivity index (χ3n) is 3.56. The van der Waals surface area contributed by atoms with E-state index in [2.05, 4.69) is 10.3 Å². The van der Waals surface area contributed by atoms with Gasteiger partial charge >= 0.3 is 0 Å². The highest BCUT2D eigenvalue weighted by atomic mass is 32.2. The first-order valence-electron chi connectivity index (χ1n) is 6.71. The molecule has 1 aromatic rings. The predicted octanol–water partition coefficient (Wildman–Crippen LogP) is -0.554. The number of carbonyl (C=O) groups excluding carboxylic acids is 1. The van der Waals surface area contributed by atoms with Crippen LogP contribution < -0.4 is 5.32 Å². The van der Waals surface area contributed by atoms with Crippen LogP contribution in [-0.4, -0.2) is 68.0 Å². The zero-order valence-corrected chi connectivity index (χ0v) is 13.0. The zero-order valence-electron chi connectivity index (χ0n) is 12.2. The van der Waals surface area contributed by atoms with Gasteiger partial charge in [-0.15, -0.1) is 0 Å². The van der Waals surface area contributed by atoms with Crippen molar-refractivity contribution in [1.29, 1.82) is 0 Å². The molecule has 1 aliphatic heterocycles. The number of sulfonamides is 1. The van der Waals surface area contributed by atoms with Gasteiger partial charge in [-0.1, -0.05) is 6.07 Å². The fourth-order valence-electron chi connectivity index (χ4n) is 2.27. The highest BCUT2D eigenvalue weighted by Gasteiger charge is 2.29. The van der Waals surface area contributed by atoms with E-state index < -0.39 is 10.0 Å². The number of aromatic nitrogens is 1. The van der Waals surface area contributed by atoms with Gasteiger partial charge in [-0.2, -0.15) is 4.31 Å². The van der Waals surface area contributed by atoms with Crippen molar-refractivity contribution >= 4 is 15.9 Å². The number of hydrogen-bond acceptors (Lipinski definition) is 5. The Balaban J connectivity index is 2.14. The summed E-state index contributed by atoms with van der Waals surface area (Å²) in [6, 6.07) is 3.63. The van der Waals surface area contributed by atoms with Crippen LogP contribution in [-0.2, 0) is 14.8 Å². The Morgan fingerprint density at radius 2 is 2.33 bits per heavy atom. The van der Waals surface area contributed by atoms with E-state index in [1.54, 1.807) is 17.3 Å². The molecule has 1 aromatic heterocycles. The Morgan fingerprint density at radius 1 is 1.57 bits per heavy atom. The smallest absolute Gasteiger partial charge is 0.238 e. The molecule has 1 fully saturated rings. The largest absolute Gasteiger partial charge is 0.332 e. The van der Waals surface area contributed by atoms with Crippen molar-refractivity contribution in [2.75, 3.05) is 39.5 Å². The molecule has 8 heteroatoms. The molecule has 0 bridgehead atoms. The number of hydrogen-bond donors (Lipinski definition) is 1. The van der Waals surface area contributed by atoms with Gasteiger partial charge in [0.05, 0.1) is 18.8 Å². The van der Waals surface area contributed by atoms with Gasteiger partial charge in [0.15, 0.2) is 0 Å². The topological polar surface area (TPSA) is 82.6 Å². The summed E-state index contributed by atoms with van der Waals surface area (Å²) < 4.78 is 23.9. The molecule has 0 saturated carbocycles. The lowest BCUT2D eigenvalue weighted by Gasteiger charge is -2.37. The van der Waals surface area contributed by atoms with Crippen LogP contribution in [0.3, 0.4) is 0 Å². The molecule has 2 heterocycles. The van der Waals surface area contributed by atoms with Gasteiger partial charge in [0.2, 0.25) is 15.9 Å². The molecule has 116 valence electrons. The first-order chi connectivity index (χ1) is 9.89. The van der Waals surface area contributed by atoms with E-state index in [1.807, 2.05) is 12.1 Å². The van der Waals surface area contributed by atoms with E-state index in [9.17, 15) is 13.2 Å². The Morgan fingerprint density at radius 3 is 2.95 bits per heavy atom. The van der Waals surface area contributed by atoms with Gasteiger partial charge in [0.25, 0.3) is 0 Å². The lowest BCUT2D eigenvalue weighted by atomic mass is 10.1. The van der Waals surface area contributed by atoms with E-state index in [4.69, 9.17) is 0 Å². The maximum atomic E-state index is 12.4. The molecule has 1 aliphatic rings. The molecule has 1 unspecified atom stereocenters. The number of nitrogens with one attached hydrogen (secondary N) is 1. The first kappa shape index (κ1) is 15.9. The lowest BCUT2D eigenvalue weighted by Crippen LogP contribution is -2.51. The second kappa shape index (κ2) is 6.50. The molecule has 0 aliphatic carbocycles. The number of nitrogens with zero attached hydrogens (tertiary/aromatic N) is 3. The van der Waals surface area contributed by atoms with Crippen molar-refractivity contribution in [1.82, 2.24) is 19.5 Å². The second-order valence-electron chi connectivity index (χ2n) is 5.11. The van der Waals surface area contributed by atoms with Gasteiger partial charge in [0.1, 0.15) is 0 Å². The van der Waals surface area contributed by atoms with Crippen molar-refractivity contribution in [3.8, 4) is 0 Å². The van der Waals surface area contributed by atoms with Crippen LogP contribution in [0.5, 0.6) is 0 Å². The third kappa shape index (κ3) is 3.99. The standard InChI is InChI=1S/C13H20N4O3S/c1-16(21(2,19)20)10-13(18)17-7-6-15-9-12(17)11-4-3-5-14-8-11/h3-5,8,12,15H,6-7,9-10H2,1-2H3. The first-order valence-corrected chi connectivity index (χ1v) is 8.56. The molecule has 0 spiro atoms. The average molecular weight is 312 g/mol. The van der Waals surface area contributed by atoms with Gasteiger partial charge in [-0.25, -0.2) is 8.42 Å². The molecule has 0 aromatic carbocycles. The van der Waals surface area contributed by atoms with Crippen molar-refractivity contribution in [3.63, 3.8) is 0 Å².